The minimum atomic E-state index is 0.770. The first-order chi connectivity index (χ1) is 6.79. The summed E-state index contributed by atoms with van der Waals surface area (Å²) in [6.07, 6.45) is 7.57. The first kappa shape index (κ1) is 9.28. The minimum Gasteiger partial charge on any atom is -0.369 e. The van der Waals surface area contributed by atoms with E-state index in [-0.39, 0.29) is 0 Å². The molecule has 1 aromatic rings. The predicted molar refractivity (Wildman–Crippen MR) is 58.8 cm³/mol. The SMILES string of the molecule is CN1CC=CC(Cl)=C1c1cccnc1. The monoisotopic (exact) mass is 206 g/mol. The van der Waals surface area contributed by atoms with Crippen molar-refractivity contribution < 1.29 is 0 Å². The van der Waals surface area contributed by atoms with Crippen molar-refractivity contribution in [2.45, 2.75) is 0 Å². The standard InChI is InChI=1S/C11H11ClN2/c1-14-7-3-5-10(12)11(14)9-4-2-6-13-8-9/h2-6,8H,7H2,1H3. The van der Waals surface area contributed by atoms with Gasteiger partial charge in [0.2, 0.25) is 0 Å². The molecule has 1 aromatic heterocycles. The summed E-state index contributed by atoms with van der Waals surface area (Å²) in [6.45, 7) is 0.889. The molecule has 1 aliphatic rings. The lowest BCUT2D eigenvalue weighted by atomic mass is 10.1. The number of nitrogens with zero attached hydrogens (tertiary/aromatic N) is 2. The number of hydrogen-bond donors (Lipinski definition) is 0. The van der Waals surface area contributed by atoms with Gasteiger partial charge in [0.15, 0.2) is 0 Å². The summed E-state index contributed by atoms with van der Waals surface area (Å²) in [5, 5.41) is 0.770. The van der Waals surface area contributed by atoms with Gasteiger partial charge in [-0.1, -0.05) is 17.7 Å². The second-order valence-corrected chi connectivity index (χ2v) is 3.63. The van der Waals surface area contributed by atoms with Gasteiger partial charge in [0.1, 0.15) is 0 Å². The normalized spacial score (nSPS) is 16.3. The van der Waals surface area contributed by atoms with Crippen molar-refractivity contribution in [2.75, 3.05) is 13.6 Å². The second kappa shape index (κ2) is 3.84. The summed E-state index contributed by atoms with van der Waals surface area (Å²) in [6, 6.07) is 3.93. The number of allylic oxidation sites excluding steroid dienone is 2. The summed E-state index contributed by atoms with van der Waals surface area (Å²) >= 11 is 6.14. The number of pyridine rings is 1. The van der Waals surface area contributed by atoms with Crippen LogP contribution in [0.15, 0.2) is 41.7 Å². The lowest BCUT2D eigenvalue weighted by molar-refractivity contribution is 0.530. The smallest absolute Gasteiger partial charge is 0.0644 e. The molecule has 0 saturated carbocycles. The third-order valence-electron chi connectivity index (χ3n) is 2.19. The Morgan fingerprint density at radius 3 is 3.00 bits per heavy atom. The van der Waals surface area contributed by atoms with Crippen molar-refractivity contribution in [2.24, 2.45) is 0 Å². The van der Waals surface area contributed by atoms with E-state index in [1.165, 1.54) is 0 Å². The highest BCUT2D eigenvalue weighted by molar-refractivity contribution is 6.34. The topological polar surface area (TPSA) is 16.1 Å². The van der Waals surface area contributed by atoms with E-state index in [1.54, 1.807) is 6.20 Å². The Hall–Kier alpha value is -1.28. The van der Waals surface area contributed by atoms with E-state index in [4.69, 9.17) is 11.6 Å². The summed E-state index contributed by atoms with van der Waals surface area (Å²) in [5.41, 5.74) is 2.10. The Labute approximate surface area is 88.5 Å². The average Bonchev–Trinajstić information content (AvgIpc) is 2.19. The zero-order chi connectivity index (χ0) is 9.97. The molecule has 0 aromatic carbocycles. The van der Waals surface area contributed by atoms with Crippen molar-refractivity contribution in [3.63, 3.8) is 0 Å². The summed E-state index contributed by atoms with van der Waals surface area (Å²) in [7, 11) is 2.02. The quantitative estimate of drug-likeness (QED) is 0.702. The van der Waals surface area contributed by atoms with Gasteiger partial charge >= 0.3 is 0 Å². The fourth-order valence-electron chi connectivity index (χ4n) is 1.53. The lowest BCUT2D eigenvalue weighted by Gasteiger charge is -2.25. The summed E-state index contributed by atoms with van der Waals surface area (Å²) in [4.78, 5) is 6.20. The molecule has 72 valence electrons. The molecule has 0 spiro atoms. The Balaban J connectivity index is 2.46. The molecule has 0 unspecified atom stereocenters. The van der Waals surface area contributed by atoms with Crippen LogP contribution in [0.25, 0.3) is 5.70 Å². The van der Waals surface area contributed by atoms with Gasteiger partial charge in [0.25, 0.3) is 0 Å². The van der Waals surface area contributed by atoms with E-state index in [2.05, 4.69) is 9.88 Å². The molecule has 2 rings (SSSR count). The molecule has 14 heavy (non-hydrogen) atoms. The molecule has 0 atom stereocenters. The number of rotatable bonds is 1. The first-order valence-electron chi connectivity index (χ1n) is 4.47. The van der Waals surface area contributed by atoms with Crippen molar-refractivity contribution in [3.8, 4) is 0 Å². The molecular formula is C11H11ClN2. The van der Waals surface area contributed by atoms with Gasteiger partial charge in [-0.2, -0.15) is 0 Å². The van der Waals surface area contributed by atoms with Crippen LogP contribution in [0.3, 0.4) is 0 Å². The highest BCUT2D eigenvalue weighted by atomic mass is 35.5. The largest absolute Gasteiger partial charge is 0.369 e. The molecule has 1 aliphatic heterocycles. The Bertz CT molecular complexity index is 382. The van der Waals surface area contributed by atoms with Crippen LogP contribution in [0.5, 0.6) is 0 Å². The van der Waals surface area contributed by atoms with Gasteiger partial charge in [0, 0.05) is 31.5 Å². The van der Waals surface area contributed by atoms with Crippen LogP contribution in [-0.2, 0) is 0 Å². The van der Waals surface area contributed by atoms with Gasteiger partial charge < -0.3 is 4.90 Å². The fraction of sp³-hybridized carbons (Fsp3) is 0.182. The fourth-order valence-corrected chi connectivity index (χ4v) is 1.87. The molecule has 0 N–H and O–H groups in total. The van der Waals surface area contributed by atoms with Crippen LogP contribution in [0.1, 0.15) is 5.56 Å². The molecule has 0 aliphatic carbocycles. The first-order valence-corrected chi connectivity index (χ1v) is 4.84. The van der Waals surface area contributed by atoms with E-state index in [0.29, 0.717) is 0 Å². The zero-order valence-corrected chi connectivity index (χ0v) is 8.70. The van der Waals surface area contributed by atoms with E-state index in [9.17, 15) is 0 Å². The van der Waals surface area contributed by atoms with E-state index in [0.717, 1.165) is 22.8 Å². The summed E-state index contributed by atoms with van der Waals surface area (Å²) in [5.74, 6) is 0. The molecule has 2 nitrogen and oxygen atoms in total. The van der Waals surface area contributed by atoms with Crippen LogP contribution >= 0.6 is 11.6 Å². The lowest BCUT2D eigenvalue weighted by Crippen LogP contribution is -2.20. The average molecular weight is 207 g/mol. The number of aromatic nitrogens is 1. The maximum Gasteiger partial charge on any atom is 0.0644 e. The predicted octanol–water partition coefficient (Wildman–Crippen LogP) is 2.49. The molecular weight excluding hydrogens is 196 g/mol. The van der Waals surface area contributed by atoms with E-state index < -0.39 is 0 Å². The maximum atomic E-state index is 6.14. The maximum absolute atomic E-state index is 6.14. The Morgan fingerprint density at radius 1 is 1.50 bits per heavy atom. The third-order valence-corrected chi connectivity index (χ3v) is 2.49. The van der Waals surface area contributed by atoms with Crippen molar-refractivity contribution in [1.82, 2.24) is 9.88 Å². The molecule has 0 saturated heterocycles. The highest BCUT2D eigenvalue weighted by Gasteiger charge is 2.13. The van der Waals surface area contributed by atoms with E-state index in [1.807, 2.05) is 37.5 Å². The van der Waals surface area contributed by atoms with Gasteiger partial charge in [0.05, 0.1) is 10.7 Å². The van der Waals surface area contributed by atoms with Gasteiger partial charge in [-0.25, -0.2) is 0 Å². The third kappa shape index (κ3) is 1.66. The molecule has 3 heteroatoms. The van der Waals surface area contributed by atoms with Crippen LogP contribution < -0.4 is 0 Å². The number of likely N-dealkylation sites (N-methyl/N-ethyl adjacent to an activating group) is 1. The second-order valence-electron chi connectivity index (χ2n) is 3.22. The molecule has 0 amide bonds. The van der Waals surface area contributed by atoms with E-state index >= 15 is 0 Å². The summed E-state index contributed by atoms with van der Waals surface area (Å²) < 4.78 is 0. The highest BCUT2D eigenvalue weighted by Crippen LogP contribution is 2.27. The van der Waals surface area contributed by atoms with Gasteiger partial charge in [-0.05, 0) is 18.2 Å². The van der Waals surface area contributed by atoms with Crippen molar-refractivity contribution in [3.05, 3.63) is 47.3 Å². The molecule has 0 radical (unpaired) electrons. The number of halogens is 1. The minimum absolute atomic E-state index is 0.770. The van der Waals surface area contributed by atoms with Crippen LogP contribution in [0, 0.1) is 0 Å². The molecule has 2 heterocycles. The Kier molecular flexibility index (Phi) is 2.55. The van der Waals surface area contributed by atoms with Crippen LogP contribution in [0.2, 0.25) is 0 Å². The zero-order valence-electron chi connectivity index (χ0n) is 7.94. The van der Waals surface area contributed by atoms with Crippen LogP contribution in [0.4, 0.5) is 0 Å². The molecule has 0 bridgehead atoms. The number of hydrogen-bond acceptors (Lipinski definition) is 2. The van der Waals surface area contributed by atoms with Crippen molar-refractivity contribution in [1.29, 1.82) is 0 Å². The van der Waals surface area contributed by atoms with Gasteiger partial charge in [-0.15, -0.1) is 0 Å². The Morgan fingerprint density at radius 2 is 2.36 bits per heavy atom. The van der Waals surface area contributed by atoms with Crippen LogP contribution in [-0.4, -0.2) is 23.5 Å². The molecule has 0 fully saturated rings. The van der Waals surface area contributed by atoms with Crippen molar-refractivity contribution >= 4 is 17.3 Å². The van der Waals surface area contributed by atoms with Gasteiger partial charge in [-0.3, -0.25) is 4.98 Å².